The summed E-state index contributed by atoms with van der Waals surface area (Å²) in [6, 6.07) is 0.381. The van der Waals surface area contributed by atoms with Crippen molar-refractivity contribution in [1.29, 1.82) is 0 Å². The maximum Gasteiger partial charge on any atom is 0.236 e. The third-order valence-electron chi connectivity index (χ3n) is 4.66. The van der Waals surface area contributed by atoms with E-state index >= 15 is 0 Å². The van der Waals surface area contributed by atoms with Gasteiger partial charge < -0.3 is 10.0 Å². The molecule has 0 spiro atoms. The molecule has 0 aliphatic carbocycles. The summed E-state index contributed by atoms with van der Waals surface area (Å²) in [6.07, 6.45) is 3.20. The van der Waals surface area contributed by atoms with E-state index in [-0.39, 0.29) is 5.91 Å². The molecular weight excluding hydrogens is 294 g/mol. The molecule has 7 nitrogen and oxygen atoms in total. The van der Waals surface area contributed by atoms with E-state index in [0.29, 0.717) is 24.2 Å². The van der Waals surface area contributed by atoms with Crippen molar-refractivity contribution in [3.05, 3.63) is 11.9 Å². The molecule has 1 N–H and O–H groups in total. The molecular formula is C16H29N5O2. The molecule has 0 unspecified atom stereocenters. The Morgan fingerprint density at radius 2 is 2.04 bits per heavy atom. The lowest BCUT2D eigenvalue weighted by molar-refractivity contribution is -0.133. The zero-order valence-electron chi connectivity index (χ0n) is 14.6. The smallest absolute Gasteiger partial charge is 0.236 e. The first kappa shape index (κ1) is 17.9. The van der Waals surface area contributed by atoms with Crippen molar-refractivity contribution in [3.63, 3.8) is 0 Å². The summed E-state index contributed by atoms with van der Waals surface area (Å²) in [4.78, 5) is 16.3. The average molecular weight is 323 g/mol. The largest absolute Gasteiger partial charge is 0.387 e. The van der Waals surface area contributed by atoms with E-state index in [9.17, 15) is 9.90 Å². The molecule has 0 aromatic carbocycles. The van der Waals surface area contributed by atoms with E-state index in [1.54, 1.807) is 17.8 Å². The average Bonchev–Trinajstić information content (AvgIpc) is 2.96. The van der Waals surface area contributed by atoms with Gasteiger partial charge in [0.1, 0.15) is 5.69 Å². The highest BCUT2D eigenvalue weighted by molar-refractivity contribution is 5.78. The van der Waals surface area contributed by atoms with E-state index in [4.69, 9.17) is 0 Å². The number of nitrogens with zero attached hydrogens (tertiary/aromatic N) is 5. The van der Waals surface area contributed by atoms with Crippen LogP contribution in [0.4, 0.5) is 0 Å². The van der Waals surface area contributed by atoms with Gasteiger partial charge in [-0.1, -0.05) is 5.21 Å². The molecule has 23 heavy (non-hydrogen) atoms. The van der Waals surface area contributed by atoms with E-state index < -0.39 is 6.10 Å². The third-order valence-corrected chi connectivity index (χ3v) is 4.66. The summed E-state index contributed by atoms with van der Waals surface area (Å²) in [5.41, 5.74) is 0.606. The first-order valence-electron chi connectivity index (χ1n) is 8.43. The van der Waals surface area contributed by atoms with Crippen LogP contribution >= 0.6 is 0 Å². The number of carbonyl (C=O) groups is 1. The van der Waals surface area contributed by atoms with Crippen molar-refractivity contribution in [1.82, 2.24) is 24.8 Å². The van der Waals surface area contributed by atoms with Gasteiger partial charge in [0, 0.05) is 25.7 Å². The second-order valence-corrected chi connectivity index (χ2v) is 6.87. The maximum absolute atomic E-state index is 12.3. The molecule has 1 atom stereocenters. The molecule has 1 aromatic rings. The Hall–Kier alpha value is -1.47. The molecule has 1 fully saturated rings. The van der Waals surface area contributed by atoms with Crippen LogP contribution in [-0.2, 0) is 11.3 Å². The van der Waals surface area contributed by atoms with Crippen LogP contribution in [0, 0.1) is 5.92 Å². The highest BCUT2D eigenvalue weighted by atomic mass is 16.3. The van der Waals surface area contributed by atoms with Crippen LogP contribution < -0.4 is 0 Å². The van der Waals surface area contributed by atoms with Gasteiger partial charge in [-0.25, -0.2) is 0 Å². The van der Waals surface area contributed by atoms with E-state index in [0.717, 1.165) is 32.5 Å². The molecule has 130 valence electrons. The molecule has 0 bridgehead atoms. The number of piperidine rings is 1. The van der Waals surface area contributed by atoms with Gasteiger partial charge in [-0.05, 0) is 46.6 Å². The molecule has 0 saturated carbocycles. The fraction of sp³-hybridized carbons (Fsp3) is 0.812. The molecule has 2 heterocycles. The van der Waals surface area contributed by atoms with Crippen LogP contribution in [-0.4, -0.2) is 68.5 Å². The number of amides is 1. The summed E-state index contributed by atoms with van der Waals surface area (Å²) in [5.74, 6) is 0.724. The van der Waals surface area contributed by atoms with Crippen LogP contribution in [0.5, 0.6) is 0 Å². The second kappa shape index (κ2) is 7.88. The summed E-state index contributed by atoms with van der Waals surface area (Å²) in [6.45, 7) is 8.79. The lowest BCUT2D eigenvalue weighted by atomic mass is 9.97. The van der Waals surface area contributed by atoms with Gasteiger partial charge in [-0.15, -0.1) is 5.10 Å². The number of likely N-dealkylation sites (tertiary alicyclic amines) is 1. The number of likely N-dealkylation sites (N-methyl/N-ethyl adjacent to an activating group) is 1. The summed E-state index contributed by atoms with van der Waals surface area (Å²) in [7, 11) is 1.99. The van der Waals surface area contributed by atoms with Crippen molar-refractivity contribution in [3.8, 4) is 0 Å². The van der Waals surface area contributed by atoms with Crippen molar-refractivity contribution >= 4 is 5.91 Å². The van der Waals surface area contributed by atoms with Crippen LogP contribution in [0.25, 0.3) is 0 Å². The Bertz CT molecular complexity index is 506. The fourth-order valence-electron chi connectivity index (χ4n) is 2.72. The monoisotopic (exact) mass is 323 g/mol. The molecule has 1 aliphatic rings. The van der Waals surface area contributed by atoms with Gasteiger partial charge in [-0.3, -0.25) is 14.4 Å². The van der Waals surface area contributed by atoms with Gasteiger partial charge in [-0.2, -0.15) is 0 Å². The van der Waals surface area contributed by atoms with E-state index in [1.165, 1.54) is 0 Å². The zero-order valence-corrected chi connectivity index (χ0v) is 14.6. The van der Waals surface area contributed by atoms with Crippen LogP contribution in [0.15, 0.2) is 6.20 Å². The highest BCUT2D eigenvalue weighted by Crippen LogP contribution is 2.19. The molecule has 7 heteroatoms. The molecule has 1 saturated heterocycles. The Kier molecular flexibility index (Phi) is 6.12. The normalized spacial score (nSPS) is 18.0. The van der Waals surface area contributed by atoms with E-state index in [1.807, 2.05) is 11.9 Å². The molecule has 0 radical (unpaired) electrons. The maximum atomic E-state index is 12.3. The molecule has 2 rings (SSSR count). The summed E-state index contributed by atoms with van der Waals surface area (Å²) < 4.78 is 1.80. The first-order chi connectivity index (χ1) is 10.9. The fourth-order valence-corrected chi connectivity index (χ4v) is 2.72. The van der Waals surface area contributed by atoms with Crippen molar-refractivity contribution in [2.24, 2.45) is 5.92 Å². The molecule has 1 aliphatic heterocycles. The Morgan fingerprint density at radius 3 is 2.57 bits per heavy atom. The SMILES string of the molecule is CC(C)N(C)CC(=O)N1CCC(Cn2cc([C@@H](C)O)nn2)CC1. The zero-order chi connectivity index (χ0) is 17.0. The second-order valence-electron chi connectivity index (χ2n) is 6.87. The lowest BCUT2D eigenvalue weighted by Crippen LogP contribution is -2.45. The Balaban J connectivity index is 1.78. The third kappa shape index (κ3) is 5.00. The minimum atomic E-state index is -0.582. The molecule has 1 amide bonds. The van der Waals surface area contributed by atoms with Crippen LogP contribution in [0.2, 0.25) is 0 Å². The van der Waals surface area contributed by atoms with Crippen LogP contribution in [0.1, 0.15) is 45.4 Å². The Morgan fingerprint density at radius 1 is 1.39 bits per heavy atom. The Labute approximate surface area is 138 Å². The topological polar surface area (TPSA) is 74.5 Å². The number of rotatable bonds is 6. The minimum Gasteiger partial charge on any atom is -0.387 e. The van der Waals surface area contributed by atoms with Gasteiger partial charge in [0.05, 0.1) is 18.8 Å². The summed E-state index contributed by atoms with van der Waals surface area (Å²) in [5, 5.41) is 17.5. The predicted molar refractivity (Wildman–Crippen MR) is 87.7 cm³/mol. The first-order valence-corrected chi connectivity index (χ1v) is 8.43. The van der Waals surface area contributed by atoms with Crippen molar-refractivity contribution < 1.29 is 9.90 Å². The number of hydrogen-bond donors (Lipinski definition) is 1. The van der Waals surface area contributed by atoms with Gasteiger partial charge in [0.25, 0.3) is 0 Å². The van der Waals surface area contributed by atoms with E-state index in [2.05, 4.69) is 29.1 Å². The number of aromatic nitrogens is 3. The standard InChI is InChI=1S/C16H29N5O2/c1-12(2)19(4)11-16(23)20-7-5-14(6-8-20)9-21-10-15(13(3)22)17-18-21/h10,12-14,22H,5-9,11H2,1-4H3/t13-/m1/s1. The van der Waals surface area contributed by atoms with Gasteiger partial charge in [0.15, 0.2) is 0 Å². The quantitative estimate of drug-likeness (QED) is 0.842. The predicted octanol–water partition coefficient (Wildman–Crippen LogP) is 0.910. The van der Waals surface area contributed by atoms with Crippen molar-refractivity contribution in [2.45, 2.75) is 52.3 Å². The van der Waals surface area contributed by atoms with Crippen molar-refractivity contribution in [2.75, 3.05) is 26.7 Å². The summed E-state index contributed by atoms with van der Waals surface area (Å²) >= 11 is 0. The van der Waals surface area contributed by atoms with Gasteiger partial charge >= 0.3 is 0 Å². The number of aliphatic hydroxyl groups excluding tert-OH is 1. The number of aliphatic hydroxyl groups is 1. The highest BCUT2D eigenvalue weighted by Gasteiger charge is 2.24. The minimum absolute atomic E-state index is 0.219. The number of hydrogen-bond acceptors (Lipinski definition) is 5. The number of carbonyl (C=O) groups excluding carboxylic acids is 1. The van der Waals surface area contributed by atoms with Crippen LogP contribution in [0.3, 0.4) is 0 Å². The van der Waals surface area contributed by atoms with Gasteiger partial charge in [0.2, 0.25) is 5.91 Å². The molecule has 1 aromatic heterocycles. The lowest BCUT2D eigenvalue weighted by Gasteiger charge is -2.33.